The van der Waals surface area contributed by atoms with Crippen molar-refractivity contribution in [3.63, 3.8) is 0 Å². The van der Waals surface area contributed by atoms with Crippen LogP contribution < -0.4 is 5.32 Å². The highest BCUT2D eigenvalue weighted by molar-refractivity contribution is 6.30. The molecule has 4 aromatic heterocycles. The number of halogens is 2. The number of aromatic nitrogens is 6. The molecule has 4 rings (SSSR count). The fourth-order valence-corrected chi connectivity index (χ4v) is 2.48. The van der Waals surface area contributed by atoms with Gasteiger partial charge in [0.25, 0.3) is 0 Å². The topological polar surface area (TPSA) is 92.3 Å². The fourth-order valence-electron chi connectivity index (χ4n) is 2.30. The van der Waals surface area contributed by atoms with Crippen LogP contribution in [-0.4, -0.2) is 29.9 Å². The minimum atomic E-state index is -0.497. The minimum Gasteiger partial charge on any atom is -0.362 e. The normalized spacial score (nSPS) is 11.5. The van der Waals surface area contributed by atoms with Crippen molar-refractivity contribution < 1.29 is 5.80 Å². The Morgan fingerprint density at radius 3 is 3.00 bits per heavy atom. The highest BCUT2D eigenvalue weighted by Gasteiger charge is 2.12. The molecule has 0 amide bonds. The Morgan fingerprint density at radius 1 is 1.24 bits per heavy atom. The average Bonchev–Trinajstić information content (AvgIpc) is 3.01. The van der Waals surface area contributed by atoms with Gasteiger partial charge in [0.1, 0.15) is 11.3 Å². The first-order valence-corrected chi connectivity index (χ1v) is 7.67. The number of nitrogens with one attached hydrogen (secondary N) is 2. The van der Waals surface area contributed by atoms with Crippen molar-refractivity contribution in [3.8, 4) is 11.4 Å². The molecular weight excluding hydrogens is 345 g/mol. The van der Waals surface area contributed by atoms with E-state index in [4.69, 9.17) is 13.0 Å². The van der Waals surface area contributed by atoms with E-state index in [1.807, 2.05) is 0 Å². The standard InChI is InChI=1S/C16H11ClFN7/c17-10-1-2-20-12(4-10)7-21-15-13-16(23-8-22-13)25-14(24-15)9-3-11(18)6-19-5-9/h1-6,8H,7H2,(H2,21,22,23,24,25)/i/hD. The SMILES string of the molecule is [2H]n1cnc2c(NCc3cc(Cl)ccn3)nc(-c3cncc(F)c3)nc21. The molecule has 0 aromatic carbocycles. The maximum atomic E-state index is 13.5. The summed E-state index contributed by atoms with van der Waals surface area (Å²) in [7, 11) is 0. The van der Waals surface area contributed by atoms with E-state index in [0.717, 1.165) is 11.2 Å². The molecule has 0 aliphatic heterocycles. The van der Waals surface area contributed by atoms with Crippen LogP contribution in [0.3, 0.4) is 0 Å². The predicted molar refractivity (Wildman–Crippen MR) is 91.4 cm³/mol. The van der Waals surface area contributed by atoms with Gasteiger partial charge >= 0.3 is 0 Å². The van der Waals surface area contributed by atoms with Gasteiger partial charge in [-0.15, -0.1) is 0 Å². The van der Waals surface area contributed by atoms with Crippen molar-refractivity contribution in [1.82, 2.24) is 29.9 Å². The van der Waals surface area contributed by atoms with E-state index in [-0.39, 0.29) is 5.82 Å². The molecule has 0 fully saturated rings. The fraction of sp³-hybridized carbons (Fsp3) is 0.0625. The van der Waals surface area contributed by atoms with E-state index in [2.05, 4.69) is 30.2 Å². The van der Waals surface area contributed by atoms with Crippen LogP contribution in [0.4, 0.5) is 10.2 Å². The Balaban J connectivity index is 1.75. The van der Waals surface area contributed by atoms with Crippen LogP contribution in [0.15, 0.2) is 43.1 Å². The molecule has 0 bridgehead atoms. The van der Waals surface area contributed by atoms with Crippen LogP contribution in [0.25, 0.3) is 22.6 Å². The Hall–Kier alpha value is -3.13. The summed E-state index contributed by atoms with van der Waals surface area (Å²) in [4.78, 5) is 21.9. The molecule has 0 atom stereocenters. The first kappa shape index (κ1) is 14.2. The molecule has 0 saturated heterocycles. The number of hydrogen-bond acceptors (Lipinski definition) is 6. The molecule has 0 spiro atoms. The third kappa shape index (κ3) is 3.24. The lowest BCUT2D eigenvalue weighted by atomic mass is 10.2. The number of hydrogen-bond donors (Lipinski definition) is 2. The summed E-state index contributed by atoms with van der Waals surface area (Å²) in [6, 6.07) is 4.69. The zero-order valence-electron chi connectivity index (χ0n) is 13.7. The monoisotopic (exact) mass is 356 g/mol. The lowest BCUT2D eigenvalue weighted by Crippen LogP contribution is -2.05. The molecule has 9 heteroatoms. The Morgan fingerprint density at radius 2 is 2.16 bits per heavy atom. The van der Waals surface area contributed by atoms with Crippen LogP contribution in [0.1, 0.15) is 5.69 Å². The summed E-state index contributed by atoms with van der Waals surface area (Å²) in [6.07, 6.45) is 5.48. The number of aromatic amines is 1. The number of imidazole rings is 1. The average molecular weight is 357 g/mol. The first-order valence-electron chi connectivity index (χ1n) is 7.74. The molecule has 0 saturated carbocycles. The lowest BCUT2D eigenvalue weighted by molar-refractivity contribution is 0.622. The second kappa shape index (κ2) is 6.40. The van der Waals surface area contributed by atoms with Crippen molar-refractivity contribution in [1.29, 1.82) is 0 Å². The second-order valence-corrected chi connectivity index (χ2v) is 5.59. The largest absolute Gasteiger partial charge is 0.362 e. The van der Waals surface area contributed by atoms with Gasteiger partial charge in [0.05, 0.1) is 24.8 Å². The number of pyridine rings is 2. The Kier molecular flexibility index (Phi) is 3.65. The van der Waals surface area contributed by atoms with Crippen LogP contribution >= 0.6 is 11.6 Å². The molecule has 4 heterocycles. The van der Waals surface area contributed by atoms with Crippen LogP contribution in [0.5, 0.6) is 0 Å². The summed E-state index contributed by atoms with van der Waals surface area (Å²) < 4.78 is 21.4. The summed E-state index contributed by atoms with van der Waals surface area (Å²) in [5.41, 5.74) is 1.83. The van der Waals surface area contributed by atoms with Gasteiger partial charge in [0.15, 0.2) is 18.7 Å². The van der Waals surface area contributed by atoms with E-state index in [0.29, 0.717) is 39.8 Å². The van der Waals surface area contributed by atoms with Gasteiger partial charge in [-0.2, -0.15) is 0 Å². The number of rotatable bonds is 4. The zero-order chi connectivity index (χ0) is 18.1. The molecule has 124 valence electrons. The Labute approximate surface area is 147 Å². The maximum Gasteiger partial charge on any atom is 0.169 e. The zero-order valence-corrected chi connectivity index (χ0v) is 13.4. The molecule has 0 unspecified atom stereocenters. The van der Waals surface area contributed by atoms with Crippen molar-refractivity contribution in [2.45, 2.75) is 6.54 Å². The maximum absolute atomic E-state index is 13.5. The second-order valence-electron chi connectivity index (χ2n) is 5.15. The minimum absolute atomic E-state index is 0.236. The highest BCUT2D eigenvalue weighted by Crippen LogP contribution is 2.23. The van der Waals surface area contributed by atoms with Crippen molar-refractivity contribution in [2.24, 2.45) is 0 Å². The number of fused-ring (bicyclic) bond motifs is 1. The van der Waals surface area contributed by atoms with E-state index in [1.54, 1.807) is 18.3 Å². The lowest BCUT2D eigenvalue weighted by Gasteiger charge is -2.08. The van der Waals surface area contributed by atoms with Crippen LogP contribution in [0.2, 0.25) is 6.43 Å². The van der Waals surface area contributed by atoms with Crippen molar-refractivity contribution >= 4 is 28.6 Å². The van der Waals surface area contributed by atoms with E-state index >= 15 is 0 Å². The van der Waals surface area contributed by atoms with Crippen LogP contribution in [0, 0.1) is 5.82 Å². The predicted octanol–water partition coefficient (Wildman–Crippen LogP) is 3.21. The van der Waals surface area contributed by atoms with E-state index < -0.39 is 5.82 Å². The molecule has 0 aliphatic carbocycles. The smallest absolute Gasteiger partial charge is 0.169 e. The molecule has 2 N–H and O–H groups in total. The van der Waals surface area contributed by atoms with Gasteiger partial charge in [-0.25, -0.2) is 19.3 Å². The summed E-state index contributed by atoms with van der Waals surface area (Å²) in [5, 5.41) is 3.70. The third-order valence-corrected chi connectivity index (χ3v) is 3.65. The van der Waals surface area contributed by atoms with Crippen LogP contribution in [-0.2, 0) is 6.54 Å². The van der Waals surface area contributed by atoms with Crippen molar-refractivity contribution in [3.05, 3.63) is 59.7 Å². The van der Waals surface area contributed by atoms with E-state index in [1.165, 1.54) is 18.6 Å². The third-order valence-electron chi connectivity index (χ3n) is 3.41. The van der Waals surface area contributed by atoms with Crippen molar-refractivity contribution in [2.75, 3.05) is 5.32 Å². The highest BCUT2D eigenvalue weighted by atomic mass is 35.5. The van der Waals surface area contributed by atoms with Gasteiger partial charge in [-0.1, -0.05) is 11.6 Å². The molecule has 7 nitrogen and oxygen atoms in total. The van der Waals surface area contributed by atoms with Gasteiger partial charge < -0.3 is 10.3 Å². The number of anilines is 1. The first-order chi connectivity index (χ1) is 12.6. The molecule has 0 aliphatic rings. The number of nitrogens with zero attached hydrogens (tertiary/aromatic N) is 5. The van der Waals surface area contributed by atoms with Gasteiger partial charge in [0.2, 0.25) is 0 Å². The Bertz CT molecular complexity index is 1100. The van der Waals surface area contributed by atoms with Gasteiger partial charge in [-0.3, -0.25) is 9.97 Å². The summed E-state index contributed by atoms with van der Waals surface area (Å²) in [5.74, 6) is 0.144. The molecular formula is C16H11ClFN7. The molecule has 4 aromatic rings. The quantitative estimate of drug-likeness (QED) is 0.583. The summed E-state index contributed by atoms with van der Waals surface area (Å²) in [6.45, 7) is 0.346. The van der Waals surface area contributed by atoms with E-state index in [9.17, 15) is 4.39 Å². The number of H-pyrrole nitrogens is 1. The van der Waals surface area contributed by atoms with Gasteiger partial charge in [0, 0.05) is 23.0 Å². The van der Waals surface area contributed by atoms with Gasteiger partial charge in [-0.05, 0) is 18.2 Å². The molecule has 0 radical (unpaired) electrons. The molecule has 25 heavy (non-hydrogen) atoms. The summed E-state index contributed by atoms with van der Waals surface area (Å²) >= 11 is 5.97.